The van der Waals surface area contributed by atoms with Crippen LogP contribution in [0.5, 0.6) is 0 Å². The molecule has 2 rings (SSSR count). The average molecular weight is 273 g/mol. The van der Waals surface area contributed by atoms with Crippen molar-refractivity contribution in [1.29, 1.82) is 0 Å². The highest BCUT2D eigenvalue weighted by Gasteiger charge is 2.25. The lowest BCUT2D eigenvalue weighted by Crippen LogP contribution is -2.57. The van der Waals surface area contributed by atoms with Crippen LogP contribution >= 0.6 is 23.2 Å². The predicted octanol–water partition coefficient (Wildman–Crippen LogP) is 1.97. The first kappa shape index (κ1) is 12.7. The Labute approximate surface area is 111 Å². The molecule has 1 heterocycles. The maximum atomic E-state index is 12.0. The van der Waals surface area contributed by atoms with Crippen LogP contribution in [0.15, 0.2) is 18.2 Å². The van der Waals surface area contributed by atoms with Gasteiger partial charge < -0.3 is 10.2 Å². The Kier molecular flexibility index (Phi) is 3.92. The number of hydrogen-bond acceptors (Lipinski definition) is 2. The Balaban J connectivity index is 1.99. The minimum Gasteiger partial charge on any atom is -0.340 e. The number of hydrogen-bond donors (Lipinski definition) is 1. The van der Waals surface area contributed by atoms with Crippen molar-refractivity contribution in [3.05, 3.63) is 33.8 Å². The van der Waals surface area contributed by atoms with Crippen LogP contribution < -0.4 is 5.32 Å². The SMILES string of the molecule is CN(C(=O)Cc1ccc(Cl)c(Cl)c1)C1CNC1. The fourth-order valence-corrected chi connectivity index (χ4v) is 2.02. The van der Waals surface area contributed by atoms with Crippen molar-refractivity contribution in [3.63, 3.8) is 0 Å². The molecule has 0 aliphatic carbocycles. The van der Waals surface area contributed by atoms with Crippen molar-refractivity contribution in [3.8, 4) is 0 Å². The van der Waals surface area contributed by atoms with E-state index in [1.807, 2.05) is 13.1 Å². The monoisotopic (exact) mass is 272 g/mol. The molecule has 0 spiro atoms. The third-order valence-electron chi connectivity index (χ3n) is 3.04. The van der Waals surface area contributed by atoms with Gasteiger partial charge in [-0.15, -0.1) is 0 Å². The molecule has 1 aliphatic heterocycles. The van der Waals surface area contributed by atoms with Crippen molar-refractivity contribution in [2.24, 2.45) is 0 Å². The normalized spacial score (nSPS) is 15.5. The van der Waals surface area contributed by atoms with Gasteiger partial charge in [-0.3, -0.25) is 4.79 Å². The first-order chi connectivity index (χ1) is 8.08. The van der Waals surface area contributed by atoms with Crippen molar-refractivity contribution in [1.82, 2.24) is 10.2 Å². The van der Waals surface area contributed by atoms with E-state index in [2.05, 4.69) is 5.32 Å². The zero-order valence-electron chi connectivity index (χ0n) is 9.54. The lowest BCUT2D eigenvalue weighted by atomic mass is 10.1. The van der Waals surface area contributed by atoms with E-state index < -0.39 is 0 Å². The van der Waals surface area contributed by atoms with Crippen LogP contribution in [0.25, 0.3) is 0 Å². The molecule has 1 saturated heterocycles. The molecule has 0 radical (unpaired) electrons. The van der Waals surface area contributed by atoms with Crippen molar-refractivity contribution in [2.75, 3.05) is 20.1 Å². The number of carbonyl (C=O) groups excluding carboxylic acids is 1. The van der Waals surface area contributed by atoms with Crippen molar-refractivity contribution < 1.29 is 4.79 Å². The molecule has 0 unspecified atom stereocenters. The van der Waals surface area contributed by atoms with Crippen LogP contribution in [-0.2, 0) is 11.2 Å². The molecule has 17 heavy (non-hydrogen) atoms. The Morgan fingerprint density at radius 3 is 2.65 bits per heavy atom. The van der Waals surface area contributed by atoms with Crippen molar-refractivity contribution in [2.45, 2.75) is 12.5 Å². The third kappa shape index (κ3) is 2.92. The van der Waals surface area contributed by atoms with Gasteiger partial charge in [-0.05, 0) is 17.7 Å². The van der Waals surface area contributed by atoms with Gasteiger partial charge in [0.1, 0.15) is 0 Å². The molecule has 5 heteroatoms. The summed E-state index contributed by atoms with van der Waals surface area (Å²) in [4.78, 5) is 13.8. The molecule has 1 aromatic rings. The molecule has 92 valence electrons. The summed E-state index contributed by atoms with van der Waals surface area (Å²) in [5, 5.41) is 4.15. The van der Waals surface area contributed by atoms with Crippen LogP contribution in [0.4, 0.5) is 0 Å². The van der Waals surface area contributed by atoms with Gasteiger partial charge in [0.05, 0.1) is 22.5 Å². The quantitative estimate of drug-likeness (QED) is 0.913. The number of halogens is 2. The highest BCUT2D eigenvalue weighted by molar-refractivity contribution is 6.42. The molecule has 1 fully saturated rings. The average Bonchev–Trinajstić information content (AvgIpc) is 2.21. The number of nitrogens with one attached hydrogen (secondary N) is 1. The van der Waals surface area contributed by atoms with E-state index in [9.17, 15) is 4.79 Å². The van der Waals surface area contributed by atoms with E-state index in [0.717, 1.165) is 18.7 Å². The maximum absolute atomic E-state index is 12.0. The lowest BCUT2D eigenvalue weighted by Gasteiger charge is -2.35. The maximum Gasteiger partial charge on any atom is 0.227 e. The van der Waals surface area contributed by atoms with Gasteiger partial charge in [-0.25, -0.2) is 0 Å². The van der Waals surface area contributed by atoms with Gasteiger partial charge in [-0.2, -0.15) is 0 Å². The topological polar surface area (TPSA) is 32.3 Å². The van der Waals surface area contributed by atoms with Gasteiger partial charge in [0.15, 0.2) is 0 Å². The predicted molar refractivity (Wildman–Crippen MR) is 69.6 cm³/mol. The van der Waals surface area contributed by atoms with E-state index in [1.165, 1.54) is 0 Å². The minimum absolute atomic E-state index is 0.106. The second-order valence-electron chi connectivity index (χ2n) is 4.24. The highest BCUT2D eigenvalue weighted by atomic mass is 35.5. The molecule has 0 aromatic heterocycles. The fourth-order valence-electron chi connectivity index (χ4n) is 1.70. The first-order valence-corrected chi connectivity index (χ1v) is 6.24. The standard InChI is InChI=1S/C12H14Cl2N2O/c1-16(9-6-15-7-9)12(17)5-8-2-3-10(13)11(14)4-8/h2-4,9,15H,5-7H2,1H3. The van der Waals surface area contributed by atoms with E-state index in [-0.39, 0.29) is 5.91 Å². The summed E-state index contributed by atoms with van der Waals surface area (Å²) in [7, 11) is 1.84. The van der Waals surface area contributed by atoms with Gasteiger partial charge in [-0.1, -0.05) is 29.3 Å². The Hall–Kier alpha value is -0.770. The summed E-state index contributed by atoms with van der Waals surface area (Å²) in [6.45, 7) is 1.76. The molecule has 1 aliphatic rings. The van der Waals surface area contributed by atoms with Crippen LogP contribution in [0, 0.1) is 0 Å². The van der Waals surface area contributed by atoms with Crippen LogP contribution in [0.3, 0.4) is 0 Å². The number of nitrogens with zero attached hydrogens (tertiary/aromatic N) is 1. The summed E-state index contributed by atoms with van der Waals surface area (Å²) in [6.07, 6.45) is 0.365. The van der Waals surface area contributed by atoms with Gasteiger partial charge in [0, 0.05) is 20.1 Å². The Bertz CT molecular complexity index is 433. The number of rotatable bonds is 3. The van der Waals surface area contributed by atoms with Gasteiger partial charge in [0.2, 0.25) is 5.91 Å². The zero-order chi connectivity index (χ0) is 12.4. The smallest absolute Gasteiger partial charge is 0.227 e. The molecule has 0 atom stereocenters. The molecular weight excluding hydrogens is 259 g/mol. The fraction of sp³-hybridized carbons (Fsp3) is 0.417. The van der Waals surface area contributed by atoms with E-state index in [4.69, 9.17) is 23.2 Å². The van der Waals surface area contributed by atoms with Crippen LogP contribution in [0.2, 0.25) is 10.0 Å². The van der Waals surface area contributed by atoms with E-state index >= 15 is 0 Å². The largest absolute Gasteiger partial charge is 0.340 e. The summed E-state index contributed by atoms with van der Waals surface area (Å²) < 4.78 is 0. The molecule has 1 aromatic carbocycles. The number of benzene rings is 1. The van der Waals surface area contributed by atoms with E-state index in [0.29, 0.717) is 22.5 Å². The molecule has 0 bridgehead atoms. The summed E-state index contributed by atoms with van der Waals surface area (Å²) in [5.41, 5.74) is 0.892. The highest BCUT2D eigenvalue weighted by Crippen LogP contribution is 2.23. The number of carbonyl (C=O) groups is 1. The van der Waals surface area contributed by atoms with Crippen molar-refractivity contribution >= 4 is 29.1 Å². The minimum atomic E-state index is 0.106. The Morgan fingerprint density at radius 1 is 1.41 bits per heavy atom. The van der Waals surface area contributed by atoms with Crippen LogP contribution in [0.1, 0.15) is 5.56 Å². The first-order valence-electron chi connectivity index (χ1n) is 5.48. The summed E-state index contributed by atoms with van der Waals surface area (Å²) in [6, 6.07) is 5.62. The summed E-state index contributed by atoms with van der Waals surface area (Å²) >= 11 is 11.7. The molecule has 3 nitrogen and oxygen atoms in total. The van der Waals surface area contributed by atoms with E-state index in [1.54, 1.807) is 17.0 Å². The number of likely N-dealkylation sites (N-methyl/N-ethyl adjacent to an activating group) is 1. The third-order valence-corrected chi connectivity index (χ3v) is 3.78. The Morgan fingerprint density at radius 2 is 2.12 bits per heavy atom. The molecule has 1 N–H and O–H groups in total. The molecular formula is C12H14Cl2N2O. The summed E-state index contributed by atoms with van der Waals surface area (Å²) in [5.74, 6) is 0.106. The van der Waals surface area contributed by atoms with Crippen LogP contribution in [-0.4, -0.2) is 37.0 Å². The molecule has 1 amide bonds. The second kappa shape index (κ2) is 5.25. The van der Waals surface area contributed by atoms with Gasteiger partial charge in [0.25, 0.3) is 0 Å². The second-order valence-corrected chi connectivity index (χ2v) is 5.06. The lowest BCUT2D eigenvalue weighted by molar-refractivity contribution is -0.132. The number of amides is 1. The van der Waals surface area contributed by atoms with Gasteiger partial charge >= 0.3 is 0 Å². The molecule has 0 saturated carbocycles. The zero-order valence-corrected chi connectivity index (χ0v) is 11.1.